The van der Waals surface area contributed by atoms with Crippen LogP contribution in [0.3, 0.4) is 0 Å². The predicted molar refractivity (Wildman–Crippen MR) is 76.0 cm³/mol. The summed E-state index contributed by atoms with van der Waals surface area (Å²) >= 11 is 0. The molecule has 18 heavy (non-hydrogen) atoms. The second kappa shape index (κ2) is 5.65. The first kappa shape index (κ1) is 12.6. The lowest BCUT2D eigenvalue weighted by atomic mass is 10.2. The van der Waals surface area contributed by atoms with Gasteiger partial charge in [-0.1, -0.05) is 23.8 Å². The van der Waals surface area contributed by atoms with Crippen LogP contribution in [-0.4, -0.2) is 11.5 Å². The van der Waals surface area contributed by atoms with Gasteiger partial charge in [0.2, 0.25) is 0 Å². The van der Waals surface area contributed by atoms with E-state index in [1.165, 1.54) is 5.56 Å². The number of benzene rings is 1. The summed E-state index contributed by atoms with van der Waals surface area (Å²) in [6.45, 7) is 5.63. The first-order valence-electron chi connectivity index (χ1n) is 6.23. The van der Waals surface area contributed by atoms with Crippen LogP contribution in [0.1, 0.15) is 18.1 Å². The maximum atomic E-state index is 5.58. The molecule has 3 nitrogen and oxygen atoms in total. The minimum Gasteiger partial charge on any atom is -0.327 e. The fourth-order valence-electron chi connectivity index (χ4n) is 1.90. The third-order valence-electron chi connectivity index (χ3n) is 2.98. The van der Waals surface area contributed by atoms with Gasteiger partial charge >= 0.3 is 0 Å². The average molecular weight is 241 g/mol. The molecule has 0 bridgehead atoms. The van der Waals surface area contributed by atoms with Crippen LogP contribution in [-0.2, 0) is 6.54 Å². The van der Waals surface area contributed by atoms with Crippen molar-refractivity contribution in [3.63, 3.8) is 0 Å². The molecule has 0 atom stereocenters. The van der Waals surface area contributed by atoms with E-state index in [1.807, 2.05) is 18.3 Å². The fourth-order valence-corrected chi connectivity index (χ4v) is 1.90. The highest BCUT2D eigenvalue weighted by molar-refractivity contribution is 5.60. The summed E-state index contributed by atoms with van der Waals surface area (Å²) in [4.78, 5) is 6.65. The summed E-state index contributed by atoms with van der Waals surface area (Å²) in [7, 11) is 0. The van der Waals surface area contributed by atoms with Crippen molar-refractivity contribution in [1.29, 1.82) is 0 Å². The first-order valence-corrected chi connectivity index (χ1v) is 6.23. The minimum absolute atomic E-state index is 0.532. The first-order chi connectivity index (χ1) is 8.74. The van der Waals surface area contributed by atoms with Gasteiger partial charge in [0, 0.05) is 25.0 Å². The number of hydrogen-bond donors (Lipinski definition) is 1. The van der Waals surface area contributed by atoms with Crippen LogP contribution >= 0.6 is 0 Å². The van der Waals surface area contributed by atoms with Crippen molar-refractivity contribution in [2.24, 2.45) is 5.73 Å². The molecule has 2 N–H and O–H groups in total. The molecule has 0 radical (unpaired) electrons. The van der Waals surface area contributed by atoms with Crippen LogP contribution in [0.25, 0.3) is 0 Å². The molecule has 2 aromatic rings. The zero-order valence-corrected chi connectivity index (χ0v) is 10.9. The molecule has 1 heterocycles. The number of anilines is 2. The molecular weight excluding hydrogens is 222 g/mol. The van der Waals surface area contributed by atoms with Crippen molar-refractivity contribution >= 4 is 11.5 Å². The Morgan fingerprint density at radius 1 is 1.11 bits per heavy atom. The Bertz CT molecular complexity index is 488. The van der Waals surface area contributed by atoms with Crippen LogP contribution in [0.15, 0.2) is 42.6 Å². The predicted octanol–water partition coefficient (Wildman–Crippen LogP) is 3.01. The van der Waals surface area contributed by atoms with E-state index in [1.54, 1.807) is 0 Å². The summed E-state index contributed by atoms with van der Waals surface area (Å²) in [5.74, 6) is 0.957. The van der Waals surface area contributed by atoms with Gasteiger partial charge in [-0.2, -0.15) is 0 Å². The molecule has 1 aromatic carbocycles. The van der Waals surface area contributed by atoms with Gasteiger partial charge in [0.25, 0.3) is 0 Å². The number of pyridine rings is 1. The lowest BCUT2D eigenvalue weighted by Gasteiger charge is -2.22. The van der Waals surface area contributed by atoms with Gasteiger partial charge in [0.1, 0.15) is 5.82 Å². The summed E-state index contributed by atoms with van der Waals surface area (Å²) < 4.78 is 0. The van der Waals surface area contributed by atoms with Crippen LogP contribution in [0.5, 0.6) is 0 Å². The van der Waals surface area contributed by atoms with E-state index in [0.717, 1.165) is 23.6 Å². The smallest absolute Gasteiger partial charge is 0.132 e. The van der Waals surface area contributed by atoms with Gasteiger partial charge in [0.15, 0.2) is 0 Å². The second-order valence-electron chi connectivity index (χ2n) is 4.31. The monoisotopic (exact) mass is 241 g/mol. The van der Waals surface area contributed by atoms with E-state index < -0.39 is 0 Å². The number of aromatic nitrogens is 1. The van der Waals surface area contributed by atoms with Gasteiger partial charge in [-0.15, -0.1) is 0 Å². The quantitative estimate of drug-likeness (QED) is 0.894. The molecule has 2 rings (SSSR count). The normalized spacial score (nSPS) is 10.4. The van der Waals surface area contributed by atoms with Crippen molar-refractivity contribution in [3.05, 3.63) is 53.7 Å². The Morgan fingerprint density at radius 3 is 2.33 bits per heavy atom. The second-order valence-corrected chi connectivity index (χ2v) is 4.31. The molecule has 0 aliphatic rings. The third kappa shape index (κ3) is 2.68. The molecule has 3 heteroatoms. The number of hydrogen-bond acceptors (Lipinski definition) is 3. The summed E-state index contributed by atoms with van der Waals surface area (Å²) in [6.07, 6.45) is 1.84. The van der Waals surface area contributed by atoms with Gasteiger partial charge < -0.3 is 10.6 Å². The lowest BCUT2D eigenvalue weighted by Crippen LogP contribution is -2.17. The molecule has 94 valence electrons. The molecule has 0 amide bonds. The van der Waals surface area contributed by atoms with Gasteiger partial charge in [-0.25, -0.2) is 4.98 Å². The molecular formula is C15H19N3. The lowest BCUT2D eigenvalue weighted by molar-refractivity contribution is 0.974. The summed E-state index contributed by atoms with van der Waals surface area (Å²) in [6, 6.07) is 12.5. The number of nitrogens with two attached hydrogens (primary N) is 1. The van der Waals surface area contributed by atoms with E-state index in [2.05, 4.69) is 48.0 Å². The molecule has 0 spiro atoms. The van der Waals surface area contributed by atoms with Crippen molar-refractivity contribution in [3.8, 4) is 0 Å². The highest BCUT2D eigenvalue weighted by atomic mass is 15.2. The van der Waals surface area contributed by atoms with E-state index >= 15 is 0 Å². The minimum atomic E-state index is 0.532. The standard InChI is InChI=1S/C15H19N3/c1-3-18(14-7-4-12(2)5-8-14)15-9-6-13(10-16)11-17-15/h4-9,11H,3,10,16H2,1-2H3. The Kier molecular flexibility index (Phi) is 3.95. The molecule has 0 aliphatic carbocycles. The van der Waals surface area contributed by atoms with E-state index in [0.29, 0.717) is 6.54 Å². The highest BCUT2D eigenvalue weighted by Gasteiger charge is 2.07. The zero-order valence-electron chi connectivity index (χ0n) is 10.9. The van der Waals surface area contributed by atoms with Crippen LogP contribution in [0.4, 0.5) is 11.5 Å². The van der Waals surface area contributed by atoms with Gasteiger partial charge in [-0.3, -0.25) is 0 Å². The summed E-state index contributed by atoms with van der Waals surface area (Å²) in [5.41, 5.74) is 9.07. The third-order valence-corrected chi connectivity index (χ3v) is 2.98. The van der Waals surface area contributed by atoms with E-state index in [9.17, 15) is 0 Å². The Labute approximate surface area is 108 Å². The Morgan fingerprint density at radius 2 is 1.83 bits per heavy atom. The Hall–Kier alpha value is -1.87. The van der Waals surface area contributed by atoms with E-state index in [-0.39, 0.29) is 0 Å². The maximum absolute atomic E-state index is 5.58. The largest absolute Gasteiger partial charge is 0.327 e. The topological polar surface area (TPSA) is 42.1 Å². The molecule has 0 fully saturated rings. The maximum Gasteiger partial charge on any atom is 0.132 e. The van der Waals surface area contributed by atoms with E-state index in [4.69, 9.17) is 5.73 Å². The number of aryl methyl sites for hydroxylation is 1. The van der Waals surface area contributed by atoms with Gasteiger partial charge in [-0.05, 0) is 37.6 Å². The molecule has 0 saturated heterocycles. The van der Waals surface area contributed by atoms with Crippen molar-refractivity contribution < 1.29 is 0 Å². The SMILES string of the molecule is CCN(c1ccc(C)cc1)c1ccc(CN)cn1. The number of nitrogens with zero attached hydrogens (tertiary/aromatic N) is 2. The zero-order chi connectivity index (χ0) is 13.0. The van der Waals surface area contributed by atoms with Gasteiger partial charge in [0.05, 0.1) is 0 Å². The molecule has 0 saturated carbocycles. The fraction of sp³-hybridized carbons (Fsp3) is 0.267. The van der Waals surface area contributed by atoms with Crippen LogP contribution < -0.4 is 10.6 Å². The molecule has 1 aromatic heterocycles. The van der Waals surface area contributed by atoms with Crippen LogP contribution in [0, 0.1) is 6.92 Å². The van der Waals surface area contributed by atoms with Crippen molar-refractivity contribution in [2.45, 2.75) is 20.4 Å². The summed E-state index contributed by atoms with van der Waals surface area (Å²) in [5, 5.41) is 0. The van der Waals surface area contributed by atoms with Crippen LogP contribution in [0.2, 0.25) is 0 Å². The van der Waals surface area contributed by atoms with Crippen molar-refractivity contribution in [2.75, 3.05) is 11.4 Å². The highest BCUT2D eigenvalue weighted by Crippen LogP contribution is 2.23. The molecule has 0 unspecified atom stereocenters. The number of rotatable bonds is 4. The Balaban J connectivity index is 2.29. The van der Waals surface area contributed by atoms with Crippen molar-refractivity contribution in [1.82, 2.24) is 4.98 Å². The average Bonchev–Trinajstić information content (AvgIpc) is 2.42. The molecule has 0 aliphatic heterocycles.